The van der Waals surface area contributed by atoms with E-state index in [0.29, 0.717) is 11.7 Å². The fourth-order valence-corrected chi connectivity index (χ4v) is 2.45. The monoisotopic (exact) mass is 276 g/mol. The summed E-state index contributed by atoms with van der Waals surface area (Å²) in [7, 11) is 0. The van der Waals surface area contributed by atoms with E-state index < -0.39 is 0 Å². The second-order valence-corrected chi connectivity index (χ2v) is 6.13. The highest BCUT2D eigenvalue weighted by atomic mass is 16.5. The number of aromatic nitrogens is 5. The number of ether oxygens (including phenoxy) is 1. The SMILES string of the molecule is CC(C)(C)OC[C@@H]1CCCN1c1ccc2nnnn2n1. The zero-order valence-electron chi connectivity index (χ0n) is 12.2. The Morgan fingerprint density at radius 2 is 2.20 bits per heavy atom. The number of nitrogens with zero attached hydrogens (tertiary/aromatic N) is 6. The van der Waals surface area contributed by atoms with Crippen molar-refractivity contribution >= 4 is 11.5 Å². The molecule has 0 unspecified atom stereocenters. The second-order valence-electron chi connectivity index (χ2n) is 6.13. The fourth-order valence-electron chi connectivity index (χ4n) is 2.45. The third kappa shape index (κ3) is 2.72. The largest absolute Gasteiger partial charge is 0.374 e. The zero-order chi connectivity index (χ0) is 14.2. The van der Waals surface area contributed by atoms with E-state index in [0.717, 1.165) is 31.8 Å². The predicted octanol–water partition coefficient (Wildman–Crippen LogP) is 1.30. The molecule has 7 nitrogen and oxygen atoms in total. The van der Waals surface area contributed by atoms with Gasteiger partial charge in [0.2, 0.25) is 0 Å². The van der Waals surface area contributed by atoms with Gasteiger partial charge in [-0.1, -0.05) is 0 Å². The molecular formula is C13H20N6O. The Morgan fingerprint density at radius 1 is 1.35 bits per heavy atom. The van der Waals surface area contributed by atoms with Crippen molar-refractivity contribution in [1.82, 2.24) is 25.3 Å². The molecule has 0 saturated carbocycles. The van der Waals surface area contributed by atoms with Crippen molar-refractivity contribution in [3.8, 4) is 0 Å². The first-order valence-corrected chi connectivity index (χ1v) is 6.99. The van der Waals surface area contributed by atoms with Crippen molar-refractivity contribution in [2.75, 3.05) is 18.1 Å². The van der Waals surface area contributed by atoms with E-state index in [2.05, 4.69) is 46.3 Å². The molecule has 0 amide bonds. The van der Waals surface area contributed by atoms with Crippen LogP contribution >= 0.6 is 0 Å². The van der Waals surface area contributed by atoms with Crippen LogP contribution in [-0.2, 0) is 4.74 Å². The first-order chi connectivity index (χ1) is 9.53. The number of tetrazole rings is 1. The summed E-state index contributed by atoms with van der Waals surface area (Å²) in [6, 6.07) is 4.24. The van der Waals surface area contributed by atoms with Crippen LogP contribution in [0.25, 0.3) is 5.65 Å². The molecule has 1 atom stereocenters. The maximum absolute atomic E-state index is 5.92. The lowest BCUT2D eigenvalue weighted by Crippen LogP contribution is -2.36. The molecular weight excluding hydrogens is 256 g/mol. The maximum Gasteiger partial charge on any atom is 0.200 e. The first-order valence-electron chi connectivity index (χ1n) is 6.99. The Balaban J connectivity index is 1.77. The maximum atomic E-state index is 5.92. The van der Waals surface area contributed by atoms with E-state index in [1.807, 2.05) is 12.1 Å². The normalized spacial score (nSPS) is 19.9. The molecule has 0 aromatic carbocycles. The minimum Gasteiger partial charge on any atom is -0.374 e. The lowest BCUT2D eigenvalue weighted by Gasteiger charge is -2.28. The van der Waals surface area contributed by atoms with Gasteiger partial charge in [0.05, 0.1) is 18.2 Å². The van der Waals surface area contributed by atoms with Gasteiger partial charge in [-0.2, -0.15) is 0 Å². The minimum atomic E-state index is -0.110. The average Bonchev–Trinajstić information content (AvgIpc) is 3.03. The molecule has 0 spiro atoms. The van der Waals surface area contributed by atoms with Gasteiger partial charge < -0.3 is 9.64 Å². The van der Waals surface area contributed by atoms with Gasteiger partial charge >= 0.3 is 0 Å². The van der Waals surface area contributed by atoms with Crippen LogP contribution < -0.4 is 4.90 Å². The molecule has 3 heterocycles. The molecule has 7 heteroatoms. The van der Waals surface area contributed by atoms with E-state index in [1.54, 1.807) is 0 Å². The van der Waals surface area contributed by atoms with Crippen molar-refractivity contribution in [3.63, 3.8) is 0 Å². The third-order valence-corrected chi connectivity index (χ3v) is 3.44. The number of fused-ring (bicyclic) bond motifs is 1. The van der Waals surface area contributed by atoms with Crippen LogP contribution in [0.2, 0.25) is 0 Å². The van der Waals surface area contributed by atoms with Crippen LogP contribution in [0.5, 0.6) is 0 Å². The molecule has 0 aliphatic carbocycles. The fraction of sp³-hybridized carbons (Fsp3) is 0.692. The molecule has 108 valence electrons. The molecule has 20 heavy (non-hydrogen) atoms. The first kappa shape index (κ1) is 13.2. The molecule has 0 bridgehead atoms. The van der Waals surface area contributed by atoms with Crippen LogP contribution in [0.3, 0.4) is 0 Å². The molecule has 0 radical (unpaired) electrons. The second kappa shape index (κ2) is 4.97. The highest BCUT2D eigenvalue weighted by molar-refractivity contribution is 5.45. The van der Waals surface area contributed by atoms with Gasteiger partial charge in [0.15, 0.2) is 11.5 Å². The van der Waals surface area contributed by atoms with Gasteiger partial charge in [0.1, 0.15) is 0 Å². The van der Waals surface area contributed by atoms with Gasteiger partial charge in [-0.25, -0.2) is 0 Å². The predicted molar refractivity (Wildman–Crippen MR) is 74.7 cm³/mol. The Hall–Kier alpha value is -1.76. The van der Waals surface area contributed by atoms with Gasteiger partial charge in [-0.15, -0.1) is 14.8 Å². The van der Waals surface area contributed by atoms with Crippen molar-refractivity contribution < 1.29 is 4.74 Å². The molecule has 1 fully saturated rings. The molecule has 1 aliphatic heterocycles. The van der Waals surface area contributed by atoms with Crippen molar-refractivity contribution in [3.05, 3.63) is 12.1 Å². The summed E-state index contributed by atoms with van der Waals surface area (Å²) in [5.74, 6) is 0.907. The van der Waals surface area contributed by atoms with Crippen LogP contribution in [0.1, 0.15) is 33.6 Å². The lowest BCUT2D eigenvalue weighted by molar-refractivity contribution is -0.00942. The van der Waals surface area contributed by atoms with Gasteiger partial charge in [0, 0.05) is 6.54 Å². The topological polar surface area (TPSA) is 68.4 Å². The minimum absolute atomic E-state index is 0.110. The number of anilines is 1. The highest BCUT2D eigenvalue weighted by Crippen LogP contribution is 2.25. The number of hydrogen-bond acceptors (Lipinski definition) is 6. The summed E-state index contributed by atoms with van der Waals surface area (Å²) in [5.41, 5.74) is 0.553. The summed E-state index contributed by atoms with van der Waals surface area (Å²) < 4.78 is 7.39. The Morgan fingerprint density at radius 3 is 3.00 bits per heavy atom. The smallest absolute Gasteiger partial charge is 0.200 e. The lowest BCUT2D eigenvalue weighted by atomic mass is 10.2. The molecule has 3 rings (SSSR count). The van der Waals surface area contributed by atoms with Crippen molar-refractivity contribution in [2.45, 2.75) is 45.3 Å². The molecule has 1 saturated heterocycles. The Kier molecular flexibility index (Phi) is 3.29. The van der Waals surface area contributed by atoms with Crippen LogP contribution in [0.4, 0.5) is 5.82 Å². The van der Waals surface area contributed by atoms with Gasteiger partial charge in [-0.3, -0.25) is 0 Å². The summed E-state index contributed by atoms with van der Waals surface area (Å²) in [4.78, 5) is 2.28. The molecule has 2 aromatic rings. The van der Waals surface area contributed by atoms with Crippen LogP contribution in [-0.4, -0.2) is 50.0 Å². The zero-order valence-corrected chi connectivity index (χ0v) is 12.2. The van der Waals surface area contributed by atoms with E-state index in [4.69, 9.17) is 4.74 Å². The van der Waals surface area contributed by atoms with Crippen LogP contribution in [0, 0.1) is 0 Å². The van der Waals surface area contributed by atoms with Crippen molar-refractivity contribution in [1.29, 1.82) is 0 Å². The summed E-state index contributed by atoms with van der Waals surface area (Å²) in [6.45, 7) is 7.96. The Bertz CT molecular complexity index is 590. The van der Waals surface area contributed by atoms with Gasteiger partial charge in [-0.05, 0) is 56.2 Å². The van der Waals surface area contributed by atoms with Crippen molar-refractivity contribution in [2.24, 2.45) is 0 Å². The number of hydrogen-bond donors (Lipinski definition) is 0. The average molecular weight is 276 g/mol. The van der Waals surface area contributed by atoms with E-state index in [9.17, 15) is 0 Å². The molecule has 1 aliphatic rings. The molecule has 0 N–H and O–H groups in total. The quantitative estimate of drug-likeness (QED) is 0.841. The molecule has 2 aromatic heterocycles. The summed E-state index contributed by atoms with van der Waals surface area (Å²) in [5, 5.41) is 15.8. The van der Waals surface area contributed by atoms with E-state index in [1.165, 1.54) is 4.63 Å². The number of rotatable bonds is 3. The Labute approximate surface area is 117 Å². The third-order valence-electron chi connectivity index (χ3n) is 3.44. The van der Waals surface area contributed by atoms with E-state index >= 15 is 0 Å². The summed E-state index contributed by atoms with van der Waals surface area (Å²) >= 11 is 0. The van der Waals surface area contributed by atoms with Gasteiger partial charge in [0.25, 0.3) is 0 Å². The van der Waals surface area contributed by atoms with E-state index in [-0.39, 0.29) is 5.60 Å². The van der Waals surface area contributed by atoms with Crippen LogP contribution in [0.15, 0.2) is 12.1 Å². The summed E-state index contributed by atoms with van der Waals surface area (Å²) in [6.07, 6.45) is 2.29. The highest BCUT2D eigenvalue weighted by Gasteiger charge is 2.27. The standard InChI is InChI=1S/C13H20N6O/c1-13(2,3)20-9-10-5-4-8-18(10)12-7-6-11-14-16-17-19(11)15-12/h6-7,10H,4-5,8-9H2,1-3H3/t10-/m0/s1.